The molecule has 0 spiro atoms. The summed E-state index contributed by atoms with van der Waals surface area (Å²) in [6, 6.07) is 3.82. The predicted octanol–water partition coefficient (Wildman–Crippen LogP) is 2.43. The van der Waals surface area contributed by atoms with E-state index in [0.717, 1.165) is 36.0 Å². The second-order valence-electron chi connectivity index (χ2n) is 6.18. The van der Waals surface area contributed by atoms with Gasteiger partial charge in [0.15, 0.2) is 5.16 Å². The van der Waals surface area contributed by atoms with Gasteiger partial charge in [-0.15, -0.1) is 10.2 Å². The molecule has 0 aliphatic heterocycles. The molecule has 1 fully saturated rings. The summed E-state index contributed by atoms with van der Waals surface area (Å²) in [6.07, 6.45) is 4.77. The van der Waals surface area contributed by atoms with Gasteiger partial charge in [0, 0.05) is 26.2 Å². The predicted molar refractivity (Wildman–Crippen MR) is 94.6 cm³/mol. The molecule has 1 amide bonds. The highest BCUT2D eigenvalue weighted by Crippen LogP contribution is 2.40. The van der Waals surface area contributed by atoms with Crippen LogP contribution in [0.25, 0.3) is 0 Å². The molecule has 8 heteroatoms. The average Bonchev–Trinajstić information content (AvgIpc) is 3.18. The molecule has 1 N–H and O–H groups in total. The van der Waals surface area contributed by atoms with Crippen molar-refractivity contribution in [2.45, 2.75) is 49.1 Å². The summed E-state index contributed by atoms with van der Waals surface area (Å²) >= 11 is 1.43. The molecular weight excluding hydrogens is 340 g/mol. The van der Waals surface area contributed by atoms with E-state index in [1.165, 1.54) is 11.8 Å². The van der Waals surface area contributed by atoms with Crippen LogP contribution in [0.15, 0.2) is 28.0 Å². The molecule has 2 aromatic rings. The van der Waals surface area contributed by atoms with E-state index >= 15 is 0 Å². The van der Waals surface area contributed by atoms with Crippen molar-refractivity contribution < 1.29 is 13.9 Å². The van der Waals surface area contributed by atoms with E-state index in [-0.39, 0.29) is 11.2 Å². The molecule has 0 aromatic carbocycles. The molecule has 1 unspecified atom stereocenters. The molecule has 1 aliphatic carbocycles. The SMILES string of the molecule is COCCCNC(=O)C(C)Sc1nnc(C2CC2)n1Cc1ccco1. The van der Waals surface area contributed by atoms with Crippen molar-refractivity contribution >= 4 is 17.7 Å². The Bertz CT molecular complexity index is 682. The number of hydrogen-bond donors (Lipinski definition) is 1. The summed E-state index contributed by atoms with van der Waals surface area (Å²) in [6.45, 7) is 3.74. The lowest BCUT2D eigenvalue weighted by molar-refractivity contribution is -0.120. The minimum absolute atomic E-state index is 0.00150. The van der Waals surface area contributed by atoms with E-state index in [0.29, 0.717) is 25.6 Å². The molecule has 25 heavy (non-hydrogen) atoms. The van der Waals surface area contributed by atoms with E-state index < -0.39 is 0 Å². The fourth-order valence-electron chi connectivity index (χ4n) is 2.52. The molecule has 0 saturated heterocycles. The van der Waals surface area contributed by atoms with Gasteiger partial charge in [-0.05, 0) is 38.3 Å². The molecule has 1 saturated carbocycles. The molecule has 136 valence electrons. The summed E-state index contributed by atoms with van der Waals surface area (Å²) in [5.74, 6) is 2.34. The van der Waals surface area contributed by atoms with Crippen molar-refractivity contribution in [2.75, 3.05) is 20.3 Å². The lowest BCUT2D eigenvalue weighted by atomic mass is 10.3. The molecule has 3 rings (SSSR count). The Morgan fingerprint density at radius 3 is 3.04 bits per heavy atom. The molecule has 7 nitrogen and oxygen atoms in total. The Kier molecular flexibility index (Phi) is 6.14. The topological polar surface area (TPSA) is 82.2 Å². The highest BCUT2D eigenvalue weighted by Gasteiger charge is 2.31. The van der Waals surface area contributed by atoms with Crippen molar-refractivity contribution in [3.05, 3.63) is 30.0 Å². The van der Waals surface area contributed by atoms with Crippen molar-refractivity contribution in [1.82, 2.24) is 20.1 Å². The molecule has 2 heterocycles. The third kappa shape index (κ3) is 4.85. The number of methoxy groups -OCH3 is 1. The van der Waals surface area contributed by atoms with E-state index in [1.807, 2.05) is 19.1 Å². The maximum atomic E-state index is 12.2. The van der Waals surface area contributed by atoms with Crippen LogP contribution >= 0.6 is 11.8 Å². The van der Waals surface area contributed by atoms with Gasteiger partial charge >= 0.3 is 0 Å². The Hall–Kier alpha value is -1.80. The number of nitrogens with one attached hydrogen (secondary N) is 1. The zero-order valence-corrected chi connectivity index (χ0v) is 15.4. The van der Waals surface area contributed by atoms with Crippen LogP contribution in [0.2, 0.25) is 0 Å². The third-order valence-corrected chi connectivity index (χ3v) is 5.14. The summed E-state index contributed by atoms with van der Waals surface area (Å²) in [5.41, 5.74) is 0. The van der Waals surface area contributed by atoms with Crippen molar-refractivity contribution in [3.8, 4) is 0 Å². The molecule has 0 bridgehead atoms. The fourth-order valence-corrected chi connectivity index (χ4v) is 3.40. The fraction of sp³-hybridized carbons (Fsp3) is 0.588. The van der Waals surface area contributed by atoms with Gasteiger partial charge in [0.25, 0.3) is 0 Å². The zero-order valence-electron chi connectivity index (χ0n) is 14.6. The Morgan fingerprint density at radius 2 is 2.36 bits per heavy atom. The first-order chi connectivity index (χ1) is 12.2. The minimum Gasteiger partial charge on any atom is -0.467 e. The first kappa shape index (κ1) is 18.0. The van der Waals surface area contributed by atoms with E-state index in [9.17, 15) is 4.79 Å². The van der Waals surface area contributed by atoms with Gasteiger partial charge in [0.05, 0.1) is 18.1 Å². The number of thioether (sulfide) groups is 1. The summed E-state index contributed by atoms with van der Waals surface area (Å²) < 4.78 is 12.5. The van der Waals surface area contributed by atoms with E-state index in [1.54, 1.807) is 13.4 Å². The number of rotatable bonds is 10. The van der Waals surface area contributed by atoms with Crippen LogP contribution in [-0.2, 0) is 16.1 Å². The minimum atomic E-state index is -0.242. The second-order valence-corrected chi connectivity index (χ2v) is 7.49. The summed E-state index contributed by atoms with van der Waals surface area (Å²) in [7, 11) is 1.66. The van der Waals surface area contributed by atoms with Crippen molar-refractivity contribution in [2.24, 2.45) is 0 Å². The molecule has 2 aromatic heterocycles. The van der Waals surface area contributed by atoms with Crippen LogP contribution in [0.1, 0.15) is 43.7 Å². The van der Waals surface area contributed by atoms with Crippen molar-refractivity contribution in [3.63, 3.8) is 0 Å². The first-order valence-electron chi connectivity index (χ1n) is 8.58. The van der Waals surface area contributed by atoms with Crippen LogP contribution < -0.4 is 5.32 Å². The number of nitrogens with zero attached hydrogens (tertiary/aromatic N) is 3. The quantitative estimate of drug-likeness (QED) is 0.515. The normalized spacial score (nSPS) is 15.3. The number of hydrogen-bond acceptors (Lipinski definition) is 6. The zero-order chi connectivity index (χ0) is 17.6. The first-order valence-corrected chi connectivity index (χ1v) is 9.45. The largest absolute Gasteiger partial charge is 0.467 e. The van der Waals surface area contributed by atoms with Gasteiger partial charge in [-0.2, -0.15) is 0 Å². The maximum absolute atomic E-state index is 12.2. The Morgan fingerprint density at radius 1 is 1.52 bits per heavy atom. The molecular formula is C17H24N4O3S. The van der Waals surface area contributed by atoms with Gasteiger partial charge in [0.2, 0.25) is 5.91 Å². The number of carbonyl (C=O) groups is 1. The Labute approximate surface area is 151 Å². The van der Waals surface area contributed by atoms with Crippen LogP contribution in [-0.4, -0.2) is 46.2 Å². The maximum Gasteiger partial charge on any atom is 0.233 e. The lowest BCUT2D eigenvalue weighted by Crippen LogP contribution is -2.32. The standard InChI is InChI=1S/C17H24N4O3S/c1-12(16(22)18-8-4-9-23-2)25-17-20-19-15(13-6-7-13)21(17)11-14-5-3-10-24-14/h3,5,10,12-13H,4,6-9,11H2,1-2H3,(H,18,22). The van der Waals surface area contributed by atoms with Gasteiger partial charge < -0.3 is 14.5 Å². The van der Waals surface area contributed by atoms with Gasteiger partial charge in [0.1, 0.15) is 11.6 Å². The van der Waals surface area contributed by atoms with Crippen LogP contribution in [0.3, 0.4) is 0 Å². The number of furan rings is 1. The lowest BCUT2D eigenvalue weighted by Gasteiger charge is -2.13. The monoisotopic (exact) mass is 364 g/mol. The van der Waals surface area contributed by atoms with Crippen LogP contribution in [0.5, 0.6) is 0 Å². The number of carbonyl (C=O) groups excluding carboxylic acids is 1. The smallest absolute Gasteiger partial charge is 0.233 e. The van der Waals surface area contributed by atoms with E-state index in [4.69, 9.17) is 9.15 Å². The Balaban J connectivity index is 1.64. The van der Waals surface area contributed by atoms with Gasteiger partial charge in [-0.1, -0.05) is 11.8 Å². The highest BCUT2D eigenvalue weighted by atomic mass is 32.2. The highest BCUT2D eigenvalue weighted by molar-refractivity contribution is 8.00. The van der Waals surface area contributed by atoms with Gasteiger partial charge in [-0.3, -0.25) is 9.36 Å². The molecule has 1 aliphatic rings. The number of ether oxygens (including phenoxy) is 1. The van der Waals surface area contributed by atoms with Crippen LogP contribution in [0, 0.1) is 0 Å². The van der Waals surface area contributed by atoms with Crippen molar-refractivity contribution in [1.29, 1.82) is 0 Å². The summed E-state index contributed by atoms with van der Waals surface area (Å²) in [4.78, 5) is 12.2. The number of aromatic nitrogens is 3. The summed E-state index contributed by atoms with van der Waals surface area (Å²) in [5, 5.41) is 12.1. The van der Waals surface area contributed by atoms with Crippen LogP contribution in [0.4, 0.5) is 0 Å². The second kappa shape index (κ2) is 8.53. The number of amides is 1. The molecule has 1 atom stereocenters. The average molecular weight is 364 g/mol. The van der Waals surface area contributed by atoms with Gasteiger partial charge in [-0.25, -0.2) is 0 Å². The van der Waals surface area contributed by atoms with E-state index in [2.05, 4.69) is 20.1 Å². The third-order valence-electron chi connectivity index (χ3n) is 4.06. The molecule has 0 radical (unpaired) electrons.